The van der Waals surface area contributed by atoms with Crippen molar-refractivity contribution in [2.75, 3.05) is 11.9 Å². The number of hydrogen-bond acceptors (Lipinski definition) is 5. The summed E-state index contributed by atoms with van der Waals surface area (Å²) in [4.78, 5) is 37.6. The van der Waals surface area contributed by atoms with Gasteiger partial charge in [0.1, 0.15) is 17.8 Å². The van der Waals surface area contributed by atoms with Gasteiger partial charge in [-0.2, -0.15) is 0 Å². The van der Waals surface area contributed by atoms with Gasteiger partial charge in [-0.15, -0.1) is 0 Å². The third-order valence-electron chi connectivity index (χ3n) is 4.94. The highest BCUT2D eigenvalue weighted by molar-refractivity contribution is 5.92. The first-order chi connectivity index (χ1) is 13.6. The van der Waals surface area contributed by atoms with E-state index in [1.807, 2.05) is 36.1 Å². The highest BCUT2D eigenvalue weighted by atomic mass is 16.2. The molecule has 1 atom stereocenters. The molecule has 28 heavy (non-hydrogen) atoms. The van der Waals surface area contributed by atoms with Crippen LogP contribution in [-0.4, -0.2) is 38.3 Å². The molecule has 142 valence electrons. The van der Waals surface area contributed by atoms with Crippen LogP contribution < -0.4 is 10.9 Å². The molecule has 0 saturated carbocycles. The Morgan fingerprint density at radius 2 is 2.00 bits per heavy atom. The number of aromatic nitrogens is 3. The summed E-state index contributed by atoms with van der Waals surface area (Å²) >= 11 is 0. The van der Waals surface area contributed by atoms with Crippen LogP contribution in [0.5, 0.6) is 0 Å². The summed E-state index contributed by atoms with van der Waals surface area (Å²) in [5.41, 5.74) is 3.26. The first kappa shape index (κ1) is 17.9. The molecule has 1 aliphatic heterocycles. The summed E-state index contributed by atoms with van der Waals surface area (Å²) in [6, 6.07) is 14.6. The number of amides is 1. The number of hydrogen-bond donors (Lipinski definition) is 2. The maximum absolute atomic E-state index is 13.1. The number of benzene rings is 1. The predicted octanol–water partition coefficient (Wildman–Crippen LogP) is 2.15. The lowest BCUT2D eigenvalue weighted by molar-refractivity contribution is 0.0645. The number of carbonyl (C=O) groups excluding carboxylic acids is 1. The van der Waals surface area contributed by atoms with E-state index in [1.165, 1.54) is 18.0 Å². The van der Waals surface area contributed by atoms with E-state index in [0.29, 0.717) is 18.8 Å². The number of H-pyrrole nitrogens is 1. The Hall–Kier alpha value is -3.48. The van der Waals surface area contributed by atoms with Crippen molar-refractivity contribution in [1.29, 1.82) is 0 Å². The average Bonchev–Trinajstić information content (AvgIpc) is 2.71. The smallest absolute Gasteiger partial charge is 0.270 e. The van der Waals surface area contributed by atoms with Crippen molar-refractivity contribution < 1.29 is 4.79 Å². The second kappa shape index (κ2) is 7.64. The summed E-state index contributed by atoms with van der Waals surface area (Å²) in [5.74, 6) is 0.546. The summed E-state index contributed by atoms with van der Waals surface area (Å²) in [7, 11) is 0. The van der Waals surface area contributed by atoms with Crippen molar-refractivity contribution in [2.24, 2.45) is 0 Å². The largest absolute Gasteiger partial charge is 0.368 e. The lowest BCUT2D eigenvalue weighted by Crippen LogP contribution is -2.48. The van der Waals surface area contributed by atoms with Gasteiger partial charge in [0.05, 0.1) is 6.04 Å². The predicted molar refractivity (Wildman–Crippen MR) is 106 cm³/mol. The lowest BCUT2D eigenvalue weighted by atomic mass is 9.93. The van der Waals surface area contributed by atoms with Gasteiger partial charge in [-0.25, -0.2) is 9.97 Å². The second-order valence-electron chi connectivity index (χ2n) is 6.91. The standard InChI is InChI=1S/C21H21N5O2/c1-14-9-19(24-13-23-14)22-11-17-10-15-5-2-3-6-16(15)12-26(17)21(28)18-7-4-8-20(27)25-18/h2-9,13,17H,10-12H2,1H3,(H,25,27)(H,22,23,24). The zero-order valence-corrected chi connectivity index (χ0v) is 15.6. The van der Waals surface area contributed by atoms with Crippen LogP contribution in [0, 0.1) is 6.92 Å². The summed E-state index contributed by atoms with van der Waals surface area (Å²) in [6.07, 6.45) is 2.25. The molecule has 3 aromatic rings. The van der Waals surface area contributed by atoms with Crippen molar-refractivity contribution in [3.8, 4) is 0 Å². The minimum absolute atomic E-state index is 0.0682. The molecule has 0 radical (unpaired) electrons. The Balaban J connectivity index is 1.60. The van der Waals surface area contributed by atoms with Crippen molar-refractivity contribution in [3.05, 3.63) is 87.7 Å². The van der Waals surface area contributed by atoms with Crippen LogP contribution in [0.2, 0.25) is 0 Å². The molecule has 1 aliphatic rings. The van der Waals surface area contributed by atoms with E-state index in [9.17, 15) is 9.59 Å². The first-order valence-corrected chi connectivity index (χ1v) is 9.20. The van der Waals surface area contributed by atoms with Gasteiger partial charge in [0.2, 0.25) is 5.56 Å². The van der Waals surface area contributed by atoms with Crippen molar-refractivity contribution in [2.45, 2.75) is 25.9 Å². The van der Waals surface area contributed by atoms with Crippen molar-refractivity contribution >= 4 is 11.7 Å². The van der Waals surface area contributed by atoms with Gasteiger partial charge < -0.3 is 15.2 Å². The maximum Gasteiger partial charge on any atom is 0.270 e. The number of nitrogens with one attached hydrogen (secondary N) is 2. The Morgan fingerprint density at radius 1 is 1.18 bits per heavy atom. The Kier molecular flexibility index (Phi) is 4.89. The molecule has 1 aromatic carbocycles. The van der Waals surface area contributed by atoms with Gasteiger partial charge in [-0.3, -0.25) is 9.59 Å². The number of aryl methyl sites for hydroxylation is 1. The van der Waals surface area contributed by atoms with E-state index < -0.39 is 0 Å². The number of rotatable bonds is 4. The van der Waals surface area contributed by atoms with Gasteiger partial charge in [0.25, 0.3) is 5.91 Å². The van der Waals surface area contributed by atoms with E-state index in [0.717, 1.165) is 23.5 Å². The van der Waals surface area contributed by atoms with Gasteiger partial charge in [-0.05, 0) is 30.5 Å². The molecule has 1 amide bonds. The topological polar surface area (TPSA) is 91.0 Å². The van der Waals surface area contributed by atoms with Crippen LogP contribution >= 0.6 is 0 Å². The van der Waals surface area contributed by atoms with Crippen LogP contribution in [-0.2, 0) is 13.0 Å². The number of pyridine rings is 1. The molecular formula is C21H21N5O2. The van der Waals surface area contributed by atoms with Gasteiger partial charge in [-0.1, -0.05) is 30.3 Å². The summed E-state index contributed by atoms with van der Waals surface area (Å²) in [6.45, 7) is 2.96. The van der Waals surface area contributed by atoms with E-state index in [4.69, 9.17) is 0 Å². The van der Waals surface area contributed by atoms with Crippen LogP contribution in [0.25, 0.3) is 0 Å². The van der Waals surface area contributed by atoms with Gasteiger partial charge >= 0.3 is 0 Å². The van der Waals surface area contributed by atoms with Crippen LogP contribution in [0.15, 0.2) is 59.7 Å². The molecular weight excluding hydrogens is 354 g/mol. The molecule has 2 N–H and O–H groups in total. The van der Waals surface area contributed by atoms with E-state index >= 15 is 0 Å². The highest BCUT2D eigenvalue weighted by Gasteiger charge is 2.30. The Bertz CT molecular complexity index is 1060. The highest BCUT2D eigenvalue weighted by Crippen LogP contribution is 2.25. The molecule has 0 saturated heterocycles. The monoisotopic (exact) mass is 375 g/mol. The Morgan fingerprint density at radius 3 is 2.79 bits per heavy atom. The molecule has 1 unspecified atom stereocenters. The molecule has 7 heteroatoms. The lowest BCUT2D eigenvalue weighted by Gasteiger charge is -2.37. The normalized spacial score (nSPS) is 15.8. The number of carbonyl (C=O) groups is 1. The molecule has 0 aliphatic carbocycles. The zero-order valence-electron chi connectivity index (χ0n) is 15.6. The zero-order chi connectivity index (χ0) is 19.5. The first-order valence-electron chi connectivity index (χ1n) is 9.20. The van der Waals surface area contributed by atoms with Crippen molar-refractivity contribution in [1.82, 2.24) is 19.9 Å². The average molecular weight is 375 g/mol. The molecule has 2 aromatic heterocycles. The fraction of sp³-hybridized carbons (Fsp3) is 0.238. The SMILES string of the molecule is Cc1cc(NCC2Cc3ccccc3CN2C(=O)c2cccc(=O)[nH]2)ncn1. The number of nitrogens with zero attached hydrogens (tertiary/aromatic N) is 3. The van der Waals surface area contributed by atoms with Crippen LogP contribution in [0.1, 0.15) is 27.3 Å². The summed E-state index contributed by atoms with van der Waals surface area (Å²) in [5, 5.41) is 3.32. The van der Waals surface area contributed by atoms with Crippen LogP contribution in [0.4, 0.5) is 5.82 Å². The van der Waals surface area contributed by atoms with Gasteiger partial charge in [0.15, 0.2) is 0 Å². The minimum Gasteiger partial charge on any atom is -0.368 e. The fourth-order valence-electron chi connectivity index (χ4n) is 3.51. The number of fused-ring (bicyclic) bond motifs is 1. The second-order valence-corrected chi connectivity index (χ2v) is 6.91. The maximum atomic E-state index is 13.1. The fourth-order valence-corrected chi connectivity index (χ4v) is 3.51. The quantitative estimate of drug-likeness (QED) is 0.729. The van der Waals surface area contributed by atoms with Crippen molar-refractivity contribution in [3.63, 3.8) is 0 Å². The molecule has 0 bridgehead atoms. The van der Waals surface area contributed by atoms with Gasteiger partial charge in [0, 0.05) is 30.9 Å². The van der Waals surface area contributed by atoms with E-state index in [-0.39, 0.29) is 17.5 Å². The molecule has 4 rings (SSSR count). The molecule has 7 nitrogen and oxygen atoms in total. The molecule has 3 heterocycles. The number of aromatic amines is 1. The van der Waals surface area contributed by atoms with E-state index in [2.05, 4.69) is 26.3 Å². The number of anilines is 1. The summed E-state index contributed by atoms with van der Waals surface area (Å²) < 4.78 is 0. The minimum atomic E-state index is -0.283. The van der Waals surface area contributed by atoms with E-state index in [1.54, 1.807) is 12.1 Å². The molecule has 0 fully saturated rings. The third-order valence-corrected chi connectivity index (χ3v) is 4.94. The van der Waals surface area contributed by atoms with Crippen LogP contribution in [0.3, 0.4) is 0 Å². The Labute approximate surface area is 162 Å². The third kappa shape index (κ3) is 3.78. The molecule has 0 spiro atoms.